The molecule has 0 nitrogen and oxygen atoms in total. The molecule has 0 aliphatic heterocycles. The van der Waals surface area contributed by atoms with Gasteiger partial charge < -0.3 is 0 Å². The summed E-state index contributed by atoms with van der Waals surface area (Å²) in [5.41, 5.74) is 3.42. The minimum absolute atomic E-state index is 0.916. The lowest BCUT2D eigenvalue weighted by Crippen LogP contribution is -1.84. The minimum Gasteiger partial charge on any atom is -0.115 e. The van der Waals surface area contributed by atoms with Crippen molar-refractivity contribution < 1.29 is 0 Å². The van der Waals surface area contributed by atoms with Gasteiger partial charge in [0, 0.05) is 0 Å². The van der Waals surface area contributed by atoms with Crippen LogP contribution in [0.3, 0.4) is 0 Å². The summed E-state index contributed by atoms with van der Waals surface area (Å²) < 4.78 is 0. The monoisotopic (exact) mass is 222 g/mol. The van der Waals surface area contributed by atoms with Gasteiger partial charge in [0.25, 0.3) is 0 Å². The fourth-order valence-corrected chi connectivity index (χ4v) is 1.50. The zero-order chi connectivity index (χ0) is 12.5. The highest BCUT2D eigenvalue weighted by atomic mass is 14.0. The van der Waals surface area contributed by atoms with E-state index in [4.69, 9.17) is 6.42 Å². The van der Waals surface area contributed by atoms with Crippen LogP contribution in [-0.4, -0.2) is 0 Å². The Morgan fingerprint density at radius 1 is 1.35 bits per heavy atom. The van der Waals surface area contributed by atoms with E-state index >= 15 is 0 Å². The first-order valence-electron chi connectivity index (χ1n) is 5.82. The molecular formula is C17H18. The maximum Gasteiger partial charge on any atom is -0.00465 e. The average Bonchev–Trinajstić information content (AvgIpc) is 2.38. The molecule has 0 spiro atoms. The number of hydrogen-bond acceptors (Lipinski definition) is 0. The average molecular weight is 222 g/mol. The highest BCUT2D eigenvalue weighted by molar-refractivity contribution is 5.42. The Morgan fingerprint density at radius 2 is 2.06 bits per heavy atom. The molecular weight excluding hydrogens is 204 g/mol. The van der Waals surface area contributed by atoms with E-state index < -0.39 is 0 Å². The summed E-state index contributed by atoms with van der Waals surface area (Å²) in [7, 11) is 0. The second-order valence-corrected chi connectivity index (χ2v) is 3.82. The van der Waals surface area contributed by atoms with E-state index in [1.807, 2.05) is 18.2 Å². The van der Waals surface area contributed by atoms with Crippen molar-refractivity contribution in [2.75, 3.05) is 0 Å². The first-order valence-corrected chi connectivity index (χ1v) is 5.82. The molecule has 1 aromatic rings. The third kappa shape index (κ3) is 4.57. The molecule has 0 fully saturated rings. The number of hydrogen-bond donors (Lipinski definition) is 0. The Hall–Kier alpha value is -2.00. The summed E-state index contributed by atoms with van der Waals surface area (Å²) >= 11 is 0. The van der Waals surface area contributed by atoms with Gasteiger partial charge in [0.05, 0.1) is 0 Å². The molecule has 0 heterocycles. The first-order chi connectivity index (χ1) is 8.27. The Kier molecular flexibility index (Phi) is 5.61. The molecule has 0 aromatic heterocycles. The second kappa shape index (κ2) is 7.30. The first kappa shape index (κ1) is 13.1. The van der Waals surface area contributed by atoms with Gasteiger partial charge >= 0.3 is 0 Å². The third-order valence-electron chi connectivity index (χ3n) is 2.57. The molecule has 0 heteroatoms. The van der Waals surface area contributed by atoms with Crippen molar-refractivity contribution in [2.24, 2.45) is 0 Å². The molecule has 0 saturated heterocycles. The molecule has 0 radical (unpaired) electrons. The van der Waals surface area contributed by atoms with Crippen LogP contribution in [0, 0.1) is 12.3 Å². The molecule has 0 aliphatic rings. The smallest absolute Gasteiger partial charge is 0.00465 e. The third-order valence-corrected chi connectivity index (χ3v) is 2.57. The van der Waals surface area contributed by atoms with Gasteiger partial charge in [0.2, 0.25) is 0 Å². The van der Waals surface area contributed by atoms with Crippen molar-refractivity contribution in [2.45, 2.75) is 19.8 Å². The summed E-state index contributed by atoms with van der Waals surface area (Å²) in [5.74, 6) is 2.56. The molecule has 0 saturated carbocycles. The van der Waals surface area contributed by atoms with Gasteiger partial charge in [0.1, 0.15) is 0 Å². The molecule has 0 N–H and O–H groups in total. The van der Waals surface area contributed by atoms with Gasteiger partial charge in [-0.25, -0.2) is 0 Å². The Balaban J connectivity index is 2.66. The largest absolute Gasteiger partial charge is 0.115 e. The van der Waals surface area contributed by atoms with Crippen LogP contribution in [0.25, 0.3) is 0 Å². The Bertz CT molecular complexity index is 453. The predicted molar refractivity (Wildman–Crippen MR) is 75.6 cm³/mol. The van der Waals surface area contributed by atoms with E-state index in [0.717, 1.165) is 24.0 Å². The summed E-state index contributed by atoms with van der Waals surface area (Å²) in [4.78, 5) is 0. The van der Waals surface area contributed by atoms with Crippen LogP contribution >= 0.6 is 0 Å². The molecule has 0 aliphatic carbocycles. The highest BCUT2D eigenvalue weighted by Gasteiger charge is 1.95. The van der Waals surface area contributed by atoms with Gasteiger partial charge in [-0.15, -0.1) is 6.42 Å². The number of rotatable bonds is 5. The highest BCUT2D eigenvalue weighted by Crippen LogP contribution is 2.13. The molecule has 0 atom stereocenters. The van der Waals surface area contributed by atoms with E-state index in [9.17, 15) is 0 Å². The van der Waals surface area contributed by atoms with Gasteiger partial charge in [0.15, 0.2) is 0 Å². The molecule has 0 bridgehead atoms. The lowest BCUT2D eigenvalue weighted by atomic mass is 10.0. The zero-order valence-electron chi connectivity index (χ0n) is 10.3. The lowest BCUT2D eigenvalue weighted by Gasteiger charge is -2.02. The van der Waals surface area contributed by atoms with Gasteiger partial charge in [-0.3, -0.25) is 0 Å². The van der Waals surface area contributed by atoms with Crippen molar-refractivity contribution in [1.29, 1.82) is 0 Å². The topological polar surface area (TPSA) is 0 Å². The summed E-state index contributed by atoms with van der Waals surface area (Å²) in [5, 5.41) is 0. The van der Waals surface area contributed by atoms with E-state index in [0.29, 0.717) is 0 Å². The van der Waals surface area contributed by atoms with Crippen LogP contribution in [0.15, 0.2) is 66.3 Å². The Morgan fingerprint density at radius 3 is 2.65 bits per heavy atom. The van der Waals surface area contributed by atoms with E-state index in [2.05, 4.69) is 43.7 Å². The van der Waals surface area contributed by atoms with Crippen molar-refractivity contribution in [3.8, 4) is 12.3 Å². The number of benzene rings is 1. The van der Waals surface area contributed by atoms with Gasteiger partial charge in [-0.1, -0.05) is 61.9 Å². The van der Waals surface area contributed by atoms with E-state index in [1.165, 1.54) is 5.56 Å². The number of terminal acetylenes is 1. The fourth-order valence-electron chi connectivity index (χ4n) is 1.50. The molecule has 0 unspecified atom stereocenters. The van der Waals surface area contributed by atoms with Crippen LogP contribution in [-0.2, 0) is 6.42 Å². The molecule has 1 aromatic carbocycles. The minimum atomic E-state index is 0.916. The van der Waals surface area contributed by atoms with Gasteiger partial charge in [-0.05, 0) is 35.6 Å². The molecule has 17 heavy (non-hydrogen) atoms. The number of allylic oxidation sites excluding steroid dienone is 5. The van der Waals surface area contributed by atoms with Crippen LogP contribution in [0.5, 0.6) is 0 Å². The summed E-state index contributed by atoms with van der Waals surface area (Å²) in [6, 6.07) is 10.3. The van der Waals surface area contributed by atoms with Gasteiger partial charge in [-0.2, -0.15) is 0 Å². The second-order valence-electron chi connectivity index (χ2n) is 3.82. The van der Waals surface area contributed by atoms with Crippen LogP contribution in [0.1, 0.15) is 18.9 Å². The Labute approximate surface area is 104 Å². The van der Waals surface area contributed by atoms with Crippen molar-refractivity contribution in [3.63, 3.8) is 0 Å². The molecule has 86 valence electrons. The van der Waals surface area contributed by atoms with Crippen LogP contribution in [0.4, 0.5) is 0 Å². The maximum absolute atomic E-state index is 5.30. The standard InChI is InChI=1S/C17H18/c1-4-10-17(15(3)5-2)14-9-13-16-11-7-6-8-12-16/h1,6-12,14H,3,5,13H2,2H3/b14-9-,17-10+. The van der Waals surface area contributed by atoms with E-state index in [1.54, 1.807) is 6.08 Å². The van der Waals surface area contributed by atoms with Crippen molar-refractivity contribution in [3.05, 3.63) is 71.8 Å². The van der Waals surface area contributed by atoms with Crippen molar-refractivity contribution >= 4 is 0 Å². The zero-order valence-corrected chi connectivity index (χ0v) is 10.3. The maximum atomic E-state index is 5.30. The summed E-state index contributed by atoms with van der Waals surface area (Å²) in [6.45, 7) is 6.08. The summed E-state index contributed by atoms with van der Waals surface area (Å²) in [6.07, 6.45) is 13.1. The quantitative estimate of drug-likeness (QED) is 0.514. The predicted octanol–water partition coefficient (Wildman–Crippen LogP) is 4.31. The normalized spacial score (nSPS) is 11.4. The molecule has 0 amide bonds. The lowest BCUT2D eigenvalue weighted by molar-refractivity contribution is 1.13. The van der Waals surface area contributed by atoms with Crippen LogP contribution < -0.4 is 0 Å². The van der Waals surface area contributed by atoms with E-state index in [-0.39, 0.29) is 0 Å². The fraction of sp³-hybridized carbons (Fsp3) is 0.176. The SMILES string of the molecule is C#C/C=C(\C=C/Cc1ccccc1)C(=C)CC. The molecule has 1 rings (SSSR count). The van der Waals surface area contributed by atoms with Crippen LogP contribution in [0.2, 0.25) is 0 Å². The van der Waals surface area contributed by atoms with Crippen molar-refractivity contribution in [1.82, 2.24) is 0 Å².